The maximum absolute atomic E-state index is 13.6. The third kappa shape index (κ3) is 3.27. The Balaban J connectivity index is 1.94. The molecule has 1 amide bonds. The molecule has 2 heterocycles. The number of rotatable bonds is 3. The first kappa shape index (κ1) is 19.8. The standard InChI is InChI=1S/C22H14ClF2NO4/c1-11-2-9-17(30-11)19-18(20(27)12-3-5-13(24)6-4-12)21(28)22(29)26(19)14-7-8-16(25)15(23)10-14/h2-10,19,27H,1H3/b20-18-. The number of anilines is 1. The molecule has 1 N–H and O–H groups in total. The summed E-state index contributed by atoms with van der Waals surface area (Å²) in [6, 6.07) is 10.5. The van der Waals surface area contributed by atoms with Crippen LogP contribution in [-0.4, -0.2) is 16.8 Å². The molecule has 0 radical (unpaired) electrons. The Kier molecular flexibility index (Phi) is 4.91. The van der Waals surface area contributed by atoms with Gasteiger partial charge in [0.2, 0.25) is 0 Å². The van der Waals surface area contributed by atoms with E-state index in [0.29, 0.717) is 5.76 Å². The van der Waals surface area contributed by atoms with Crippen molar-refractivity contribution in [2.45, 2.75) is 13.0 Å². The molecule has 30 heavy (non-hydrogen) atoms. The van der Waals surface area contributed by atoms with Gasteiger partial charge in [0.25, 0.3) is 11.7 Å². The Morgan fingerprint density at radius 1 is 1.07 bits per heavy atom. The summed E-state index contributed by atoms with van der Waals surface area (Å²) >= 11 is 5.87. The van der Waals surface area contributed by atoms with Crippen LogP contribution >= 0.6 is 11.6 Å². The molecule has 1 aromatic heterocycles. The molecule has 4 rings (SSSR count). The van der Waals surface area contributed by atoms with Crippen LogP contribution in [0.25, 0.3) is 5.76 Å². The second-order valence-electron chi connectivity index (χ2n) is 6.72. The van der Waals surface area contributed by atoms with Crippen molar-refractivity contribution in [1.29, 1.82) is 0 Å². The van der Waals surface area contributed by atoms with E-state index in [1.165, 1.54) is 24.3 Å². The molecule has 1 aliphatic rings. The van der Waals surface area contributed by atoms with Crippen molar-refractivity contribution in [3.8, 4) is 0 Å². The number of benzene rings is 2. The van der Waals surface area contributed by atoms with Gasteiger partial charge in [0.15, 0.2) is 0 Å². The largest absolute Gasteiger partial charge is 0.507 e. The number of hydrogen-bond acceptors (Lipinski definition) is 4. The van der Waals surface area contributed by atoms with E-state index in [1.54, 1.807) is 19.1 Å². The Bertz CT molecular complexity index is 1200. The normalized spacial score (nSPS) is 18.3. The number of aryl methyl sites for hydroxylation is 1. The smallest absolute Gasteiger partial charge is 0.300 e. The number of ketones is 1. The number of halogens is 3. The van der Waals surface area contributed by atoms with Gasteiger partial charge in [-0.2, -0.15) is 0 Å². The van der Waals surface area contributed by atoms with E-state index in [0.717, 1.165) is 23.1 Å². The zero-order chi connectivity index (χ0) is 21.6. The molecule has 1 aliphatic heterocycles. The van der Waals surface area contributed by atoms with Crippen molar-refractivity contribution in [2.24, 2.45) is 0 Å². The van der Waals surface area contributed by atoms with Crippen LogP contribution in [0, 0.1) is 18.6 Å². The Morgan fingerprint density at radius 2 is 1.77 bits per heavy atom. The van der Waals surface area contributed by atoms with E-state index in [1.807, 2.05) is 0 Å². The SMILES string of the molecule is Cc1ccc(C2/C(=C(/O)c3ccc(F)cc3)C(=O)C(=O)N2c2ccc(F)c(Cl)c2)o1. The van der Waals surface area contributed by atoms with Crippen molar-refractivity contribution in [1.82, 2.24) is 0 Å². The lowest BCUT2D eigenvalue weighted by atomic mass is 9.99. The molecule has 0 spiro atoms. The molecule has 152 valence electrons. The summed E-state index contributed by atoms with van der Waals surface area (Å²) in [5.74, 6) is -2.86. The van der Waals surface area contributed by atoms with Gasteiger partial charge in [-0.15, -0.1) is 0 Å². The topological polar surface area (TPSA) is 70.8 Å². The zero-order valence-electron chi connectivity index (χ0n) is 15.5. The van der Waals surface area contributed by atoms with Gasteiger partial charge in [0.1, 0.15) is 35.0 Å². The predicted octanol–water partition coefficient (Wildman–Crippen LogP) is 5.15. The lowest BCUT2D eigenvalue weighted by Gasteiger charge is -2.23. The molecule has 1 saturated heterocycles. The minimum absolute atomic E-state index is 0.153. The van der Waals surface area contributed by atoms with Crippen LogP contribution in [-0.2, 0) is 9.59 Å². The van der Waals surface area contributed by atoms with E-state index < -0.39 is 35.1 Å². The molecule has 1 unspecified atom stereocenters. The highest BCUT2D eigenvalue weighted by atomic mass is 35.5. The molecule has 2 aromatic carbocycles. The number of aliphatic hydroxyl groups is 1. The van der Waals surface area contributed by atoms with Crippen LogP contribution in [0.2, 0.25) is 5.02 Å². The van der Waals surface area contributed by atoms with E-state index >= 15 is 0 Å². The van der Waals surface area contributed by atoms with Gasteiger partial charge in [-0.1, -0.05) is 11.6 Å². The third-order valence-electron chi connectivity index (χ3n) is 4.77. The summed E-state index contributed by atoms with van der Waals surface area (Å²) < 4.78 is 32.6. The number of nitrogens with zero attached hydrogens (tertiary/aromatic N) is 1. The van der Waals surface area contributed by atoms with Gasteiger partial charge in [-0.3, -0.25) is 14.5 Å². The molecule has 5 nitrogen and oxygen atoms in total. The van der Waals surface area contributed by atoms with Crippen LogP contribution in [0.5, 0.6) is 0 Å². The van der Waals surface area contributed by atoms with Crippen molar-refractivity contribution in [3.63, 3.8) is 0 Å². The lowest BCUT2D eigenvalue weighted by Crippen LogP contribution is -2.29. The van der Waals surface area contributed by atoms with Crippen molar-refractivity contribution in [2.75, 3.05) is 4.90 Å². The number of furan rings is 1. The van der Waals surface area contributed by atoms with Gasteiger partial charge < -0.3 is 9.52 Å². The van der Waals surface area contributed by atoms with Gasteiger partial charge in [0, 0.05) is 11.3 Å². The summed E-state index contributed by atoms with van der Waals surface area (Å²) in [5.41, 5.74) is 0.0712. The van der Waals surface area contributed by atoms with Gasteiger partial charge >= 0.3 is 0 Å². The summed E-state index contributed by atoms with van der Waals surface area (Å²) in [6.45, 7) is 1.68. The highest BCUT2D eigenvalue weighted by Gasteiger charge is 2.48. The molecule has 0 saturated carbocycles. The summed E-state index contributed by atoms with van der Waals surface area (Å²) in [5, 5.41) is 10.6. The maximum atomic E-state index is 13.6. The van der Waals surface area contributed by atoms with Crippen molar-refractivity contribution >= 4 is 34.7 Å². The second-order valence-corrected chi connectivity index (χ2v) is 7.13. The lowest BCUT2D eigenvalue weighted by molar-refractivity contribution is -0.132. The predicted molar refractivity (Wildman–Crippen MR) is 106 cm³/mol. The Hall–Kier alpha value is -3.45. The molecular weight excluding hydrogens is 416 g/mol. The quantitative estimate of drug-likeness (QED) is 0.355. The first-order valence-electron chi connectivity index (χ1n) is 8.86. The Morgan fingerprint density at radius 3 is 2.37 bits per heavy atom. The van der Waals surface area contributed by atoms with Crippen LogP contribution in [0.3, 0.4) is 0 Å². The van der Waals surface area contributed by atoms with Crippen molar-refractivity contribution < 1.29 is 27.9 Å². The van der Waals surface area contributed by atoms with Crippen LogP contribution in [0.4, 0.5) is 14.5 Å². The van der Waals surface area contributed by atoms with Gasteiger partial charge in [-0.05, 0) is 61.5 Å². The summed E-state index contributed by atoms with van der Waals surface area (Å²) in [4.78, 5) is 26.9. The molecular formula is C22H14ClF2NO4. The van der Waals surface area contributed by atoms with E-state index in [2.05, 4.69) is 0 Å². The molecule has 3 aromatic rings. The maximum Gasteiger partial charge on any atom is 0.300 e. The fraction of sp³-hybridized carbons (Fsp3) is 0.0909. The zero-order valence-corrected chi connectivity index (χ0v) is 16.3. The fourth-order valence-corrected chi connectivity index (χ4v) is 3.54. The summed E-state index contributed by atoms with van der Waals surface area (Å²) in [7, 11) is 0. The minimum atomic E-state index is -1.12. The van der Waals surface area contributed by atoms with Gasteiger partial charge in [-0.25, -0.2) is 8.78 Å². The first-order chi connectivity index (χ1) is 14.3. The minimum Gasteiger partial charge on any atom is -0.507 e. The van der Waals surface area contributed by atoms with E-state index in [9.17, 15) is 23.5 Å². The second kappa shape index (κ2) is 7.42. The number of hydrogen-bond donors (Lipinski definition) is 1. The number of carbonyl (C=O) groups excluding carboxylic acids is 2. The first-order valence-corrected chi connectivity index (χ1v) is 9.24. The number of Topliss-reactive ketones (excluding diaryl/α,β-unsaturated/α-hetero) is 1. The number of carbonyl (C=O) groups is 2. The van der Waals surface area contributed by atoms with Crippen LogP contribution in [0.1, 0.15) is 23.1 Å². The van der Waals surface area contributed by atoms with E-state index in [-0.39, 0.29) is 27.6 Å². The molecule has 8 heteroatoms. The highest BCUT2D eigenvalue weighted by Crippen LogP contribution is 2.43. The highest BCUT2D eigenvalue weighted by molar-refractivity contribution is 6.51. The average Bonchev–Trinajstić information content (AvgIpc) is 3.25. The third-order valence-corrected chi connectivity index (χ3v) is 5.06. The fourth-order valence-electron chi connectivity index (χ4n) is 3.37. The molecule has 1 atom stereocenters. The number of aliphatic hydroxyl groups excluding tert-OH is 1. The van der Waals surface area contributed by atoms with E-state index in [4.69, 9.17) is 16.0 Å². The average molecular weight is 430 g/mol. The monoisotopic (exact) mass is 429 g/mol. The van der Waals surface area contributed by atoms with Gasteiger partial charge in [0.05, 0.1) is 10.6 Å². The van der Waals surface area contributed by atoms with Crippen LogP contribution < -0.4 is 4.90 Å². The number of amides is 1. The molecule has 1 fully saturated rings. The molecule has 0 aliphatic carbocycles. The van der Waals surface area contributed by atoms with Crippen molar-refractivity contribution in [3.05, 3.63) is 93.9 Å². The molecule has 0 bridgehead atoms. The van der Waals surface area contributed by atoms with Crippen LogP contribution in [0.15, 0.2) is 64.6 Å². The Labute approximate surface area is 174 Å². The summed E-state index contributed by atoms with van der Waals surface area (Å²) in [6.07, 6.45) is 0.